The van der Waals surface area contributed by atoms with Gasteiger partial charge >= 0.3 is 19.8 Å². The molecule has 1 aliphatic carbocycles. The number of allylic oxidation sites excluding steroid dienone is 8. The zero-order chi connectivity index (χ0) is 45.2. The van der Waals surface area contributed by atoms with Gasteiger partial charge in [0, 0.05) is 25.2 Å². The maximum absolute atomic E-state index is 12.8. The summed E-state index contributed by atoms with van der Waals surface area (Å²) >= 11 is 0. The zero-order valence-electron chi connectivity index (χ0n) is 38.5. The van der Waals surface area contributed by atoms with Crippen LogP contribution in [0, 0.1) is 11.8 Å². The van der Waals surface area contributed by atoms with Crippen molar-refractivity contribution < 1.29 is 57.4 Å². The van der Waals surface area contributed by atoms with Crippen molar-refractivity contribution in [3.05, 3.63) is 60.8 Å². The van der Waals surface area contributed by atoms with E-state index < -0.39 is 50.8 Å². The van der Waals surface area contributed by atoms with Crippen LogP contribution in [0.4, 0.5) is 0 Å². The highest BCUT2D eigenvalue weighted by Gasteiger charge is 2.39. The molecule has 0 aromatic carbocycles. The molecule has 1 saturated carbocycles. The fourth-order valence-electron chi connectivity index (χ4n) is 6.84. The number of ether oxygens (including phenoxy) is 2. The first-order valence-corrected chi connectivity index (χ1v) is 24.8. The molecule has 4 N–H and O–H groups in total. The summed E-state index contributed by atoms with van der Waals surface area (Å²) in [6.07, 6.45) is 35.0. The molecule has 12 nitrogen and oxygen atoms in total. The summed E-state index contributed by atoms with van der Waals surface area (Å²) in [5.41, 5.74) is 0. The number of phosphoric acid groups is 1. The number of phosphoric ester groups is 1. The number of aliphatic hydroxyl groups is 3. The van der Waals surface area contributed by atoms with Gasteiger partial charge in [0.25, 0.3) is 0 Å². The molecule has 0 heterocycles. The topological polar surface area (TPSA) is 169 Å². The quantitative estimate of drug-likeness (QED) is 0.0154. The van der Waals surface area contributed by atoms with E-state index in [0.717, 1.165) is 57.8 Å². The van der Waals surface area contributed by atoms with Crippen molar-refractivity contribution in [2.45, 2.75) is 173 Å². The first-order valence-electron chi connectivity index (χ1n) is 23.3. The molecular formula is C48H85NO11P+. The maximum atomic E-state index is 12.8. The second-order valence-corrected chi connectivity index (χ2v) is 18.9. The van der Waals surface area contributed by atoms with Gasteiger partial charge in [-0.2, -0.15) is 0 Å². The zero-order valence-corrected chi connectivity index (χ0v) is 39.4. The molecule has 0 radical (unpaired) electrons. The second-order valence-electron chi connectivity index (χ2n) is 17.4. The van der Waals surface area contributed by atoms with Gasteiger partial charge in [-0.3, -0.25) is 18.6 Å². The van der Waals surface area contributed by atoms with Crippen LogP contribution < -0.4 is 0 Å². The molecule has 1 unspecified atom stereocenters. The average Bonchev–Trinajstić information content (AvgIpc) is 3.47. The monoisotopic (exact) mass is 883 g/mol. The van der Waals surface area contributed by atoms with Gasteiger partial charge in [-0.05, 0) is 76.5 Å². The molecule has 1 rings (SSSR count). The number of likely N-dealkylation sites (N-methyl/N-ethyl adjacent to an activating group) is 1. The number of carbonyl (C=O) groups excluding carboxylic acids is 2. The number of aliphatic hydroxyl groups excluding tert-OH is 3. The number of nitrogens with zero attached hydrogens (tertiary/aromatic N) is 1. The van der Waals surface area contributed by atoms with Crippen LogP contribution in [0.3, 0.4) is 0 Å². The Balaban J connectivity index is 2.51. The highest BCUT2D eigenvalue weighted by Crippen LogP contribution is 2.43. The summed E-state index contributed by atoms with van der Waals surface area (Å²) < 4.78 is 34.3. The lowest BCUT2D eigenvalue weighted by Gasteiger charge is -2.24. The van der Waals surface area contributed by atoms with Crippen molar-refractivity contribution >= 4 is 19.8 Å². The first kappa shape index (κ1) is 56.6. The van der Waals surface area contributed by atoms with E-state index in [-0.39, 0.29) is 44.3 Å². The van der Waals surface area contributed by atoms with E-state index in [9.17, 15) is 34.4 Å². The van der Waals surface area contributed by atoms with Crippen LogP contribution in [0.15, 0.2) is 60.8 Å². The Kier molecular flexibility index (Phi) is 32.5. The Labute approximate surface area is 369 Å². The lowest BCUT2D eigenvalue weighted by molar-refractivity contribution is -0.870. The average molecular weight is 883 g/mol. The van der Waals surface area contributed by atoms with E-state index in [2.05, 4.69) is 50.3 Å². The van der Waals surface area contributed by atoms with E-state index in [0.29, 0.717) is 43.1 Å². The summed E-state index contributed by atoms with van der Waals surface area (Å²) in [5, 5.41) is 31.4. The van der Waals surface area contributed by atoms with Gasteiger partial charge in [0.1, 0.15) is 19.8 Å². The third kappa shape index (κ3) is 32.0. The maximum Gasteiger partial charge on any atom is 0.472 e. The van der Waals surface area contributed by atoms with E-state index in [4.69, 9.17) is 18.5 Å². The molecule has 61 heavy (non-hydrogen) atoms. The molecule has 0 aliphatic heterocycles. The molecule has 0 aromatic heterocycles. The molecule has 7 atom stereocenters. The SMILES string of the molecule is CCCCC/C=C\C/C=C\C/C=C\CCCCCCC(=O)OC[C@H](COP(=O)(O)OCC[N+](C)(C)C)OC(=O)CCC/C=C/C[C@@H]1[C@@H](/C=C/[C@@H](O)CCCCC)[C@H](O)C[C@@H]1O. The minimum absolute atomic E-state index is 0.0187. The summed E-state index contributed by atoms with van der Waals surface area (Å²) in [6, 6.07) is 0. The minimum atomic E-state index is -4.45. The lowest BCUT2D eigenvalue weighted by atomic mass is 9.89. The molecule has 0 spiro atoms. The Hall–Kier alpha value is -2.41. The smallest absolute Gasteiger partial charge is 0.462 e. The van der Waals surface area contributed by atoms with Crippen LogP contribution in [0.1, 0.15) is 149 Å². The molecule has 0 amide bonds. The predicted molar refractivity (Wildman–Crippen MR) is 244 cm³/mol. The fourth-order valence-corrected chi connectivity index (χ4v) is 7.58. The highest BCUT2D eigenvalue weighted by atomic mass is 31.2. The van der Waals surface area contributed by atoms with Gasteiger partial charge in [0.15, 0.2) is 6.10 Å². The number of esters is 2. The van der Waals surface area contributed by atoms with E-state index in [1.807, 2.05) is 39.4 Å². The Morgan fingerprint density at radius 1 is 0.721 bits per heavy atom. The van der Waals surface area contributed by atoms with Crippen LogP contribution in [-0.4, -0.2) is 109 Å². The second kappa shape index (κ2) is 35.0. The number of rotatable bonds is 37. The number of unbranched alkanes of at least 4 members (excludes halogenated alkanes) is 10. The Bertz CT molecular complexity index is 1340. The third-order valence-electron chi connectivity index (χ3n) is 10.6. The lowest BCUT2D eigenvalue weighted by Crippen LogP contribution is -2.37. The molecule has 1 aliphatic rings. The van der Waals surface area contributed by atoms with Crippen LogP contribution >= 0.6 is 7.82 Å². The Morgan fingerprint density at radius 2 is 1.31 bits per heavy atom. The normalized spacial score (nSPS) is 20.7. The molecule has 13 heteroatoms. The van der Waals surface area contributed by atoms with Crippen LogP contribution in [0.2, 0.25) is 0 Å². The highest BCUT2D eigenvalue weighted by molar-refractivity contribution is 7.47. The molecule has 0 bridgehead atoms. The van der Waals surface area contributed by atoms with Gasteiger partial charge in [-0.15, -0.1) is 0 Å². The predicted octanol–water partition coefficient (Wildman–Crippen LogP) is 9.62. The van der Waals surface area contributed by atoms with E-state index in [1.54, 1.807) is 6.08 Å². The van der Waals surface area contributed by atoms with Crippen molar-refractivity contribution in [1.29, 1.82) is 0 Å². The molecule has 1 fully saturated rings. The molecule has 352 valence electrons. The minimum Gasteiger partial charge on any atom is -0.462 e. The van der Waals surface area contributed by atoms with Gasteiger partial charge in [-0.25, -0.2) is 4.57 Å². The first-order chi connectivity index (χ1) is 29.2. The Morgan fingerprint density at radius 3 is 1.98 bits per heavy atom. The molecular weight excluding hydrogens is 797 g/mol. The summed E-state index contributed by atoms with van der Waals surface area (Å²) in [6.45, 7) is 3.97. The van der Waals surface area contributed by atoms with Crippen molar-refractivity contribution in [1.82, 2.24) is 0 Å². The molecule has 0 saturated heterocycles. The van der Waals surface area contributed by atoms with Crippen molar-refractivity contribution in [2.75, 3.05) is 47.5 Å². The van der Waals surface area contributed by atoms with Crippen molar-refractivity contribution in [2.24, 2.45) is 11.8 Å². The van der Waals surface area contributed by atoms with Gasteiger partial charge < -0.3 is 34.2 Å². The van der Waals surface area contributed by atoms with Crippen molar-refractivity contribution in [3.8, 4) is 0 Å². The number of carbonyl (C=O) groups is 2. The summed E-state index contributed by atoms with van der Waals surface area (Å²) in [5.74, 6) is -1.44. The van der Waals surface area contributed by atoms with E-state index in [1.165, 1.54) is 25.7 Å². The summed E-state index contributed by atoms with van der Waals surface area (Å²) in [4.78, 5) is 35.6. The van der Waals surface area contributed by atoms with Crippen molar-refractivity contribution in [3.63, 3.8) is 0 Å². The standard InChI is InChI=1S/C48H84NO11P/c1-6-8-10-11-12-13-14-15-16-17-18-19-20-21-22-23-28-32-47(53)57-39-42(40-59-61(55,56)58-37-36-49(3,4)5)60-48(54)33-29-25-24-27-31-43-44(46(52)38-45(43)51)35-34-41(50)30-26-9-7-2/h12-13,15-16,18-19,24,27,34-35,41-46,50-52H,6-11,14,17,20-23,25-26,28-33,36-40H2,1-5H3/p+1/b13-12-,16-15-,19-18-,27-24+,35-34+/t41-,42+,43+,44+,45-,46+/m0/s1. The third-order valence-corrected chi connectivity index (χ3v) is 11.6. The van der Waals surface area contributed by atoms with Gasteiger partial charge in [0.2, 0.25) is 0 Å². The molecule has 0 aromatic rings. The van der Waals surface area contributed by atoms with Gasteiger partial charge in [0.05, 0.1) is 46.1 Å². The van der Waals surface area contributed by atoms with Crippen LogP contribution in [0.5, 0.6) is 0 Å². The van der Waals surface area contributed by atoms with E-state index >= 15 is 0 Å². The number of quaternary nitrogens is 1. The van der Waals surface area contributed by atoms with Crippen LogP contribution in [0.25, 0.3) is 0 Å². The summed E-state index contributed by atoms with van der Waals surface area (Å²) in [7, 11) is 1.31. The van der Waals surface area contributed by atoms with Gasteiger partial charge in [-0.1, -0.05) is 120 Å². The number of hydrogen-bond acceptors (Lipinski definition) is 10. The fraction of sp³-hybridized carbons (Fsp3) is 0.750. The van der Waals surface area contributed by atoms with Crippen LogP contribution in [-0.2, 0) is 32.7 Å². The largest absolute Gasteiger partial charge is 0.472 e. The number of hydrogen-bond donors (Lipinski definition) is 4.